The lowest BCUT2D eigenvalue weighted by atomic mass is 10.3. The summed E-state index contributed by atoms with van der Waals surface area (Å²) in [4.78, 5) is 6.73. The van der Waals surface area contributed by atoms with Gasteiger partial charge in [-0.1, -0.05) is 0 Å². The van der Waals surface area contributed by atoms with Gasteiger partial charge >= 0.3 is 0 Å². The van der Waals surface area contributed by atoms with E-state index in [2.05, 4.69) is 28.8 Å². The standard InChI is InChI=1S/C11H17N5/c1-9(2)15(8-5-12)10-4-7-16-11(14-10)3-6-13-16/h3-4,6-7,9H,5,8,12H2,1-2H3. The van der Waals surface area contributed by atoms with Crippen molar-refractivity contribution < 1.29 is 0 Å². The summed E-state index contributed by atoms with van der Waals surface area (Å²) in [5.74, 6) is 0.952. The lowest BCUT2D eigenvalue weighted by Crippen LogP contribution is -2.36. The van der Waals surface area contributed by atoms with Gasteiger partial charge in [0.15, 0.2) is 5.65 Å². The Labute approximate surface area is 94.9 Å². The van der Waals surface area contributed by atoms with E-state index in [1.165, 1.54) is 0 Å². The average Bonchev–Trinajstić information content (AvgIpc) is 2.72. The molecule has 0 bridgehead atoms. The molecule has 0 aliphatic rings. The molecule has 2 heterocycles. The van der Waals surface area contributed by atoms with Crippen molar-refractivity contribution in [3.05, 3.63) is 24.5 Å². The van der Waals surface area contributed by atoms with Gasteiger partial charge in [-0.2, -0.15) is 5.10 Å². The van der Waals surface area contributed by atoms with Crippen LogP contribution < -0.4 is 10.6 Å². The van der Waals surface area contributed by atoms with E-state index in [0.717, 1.165) is 18.0 Å². The predicted molar refractivity (Wildman–Crippen MR) is 64.5 cm³/mol. The first-order valence-electron chi connectivity index (χ1n) is 5.49. The molecular formula is C11H17N5. The van der Waals surface area contributed by atoms with Gasteiger partial charge in [-0.05, 0) is 19.9 Å². The zero-order valence-electron chi connectivity index (χ0n) is 9.67. The Morgan fingerprint density at radius 3 is 2.94 bits per heavy atom. The Morgan fingerprint density at radius 2 is 2.25 bits per heavy atom. The van der Waals surface area contributed by atoms with Crippen molar-refractivity contribution in [3.63, 3.8) is 0 Å². The van der Waals surface area contributed by atoms with E-state index in [-0.39, 0.29) is 0 Å². The zero-order chi connectivity index (χ0) is 11.5. The molecule has 0 saturated heterocycles. The van der Waals surface area contributed by atoms with Gasteiger partial charge in [0, 0.05) is 31.4 Å². The molecule has 0 aliphatic heterocycles. The van der Waals surface area contributed by atoms with Crippen LogP contribution in [0.15, 0.2) is 24.5 Å². The van der Waals surface area contributed by atoms with Crippen LogP contribution in [0.1, 0.15) is 13.8 Å². The van der Waals surface area contributed by atoms with Gasteiger partial charge in [0.1, 0.15) is 5.82 Å². The zero-order valence-corrected chi connectivity index (χ0v) is 9.67. The molecule has 0 spiro atoms. The lowest BCUT2D eigenvalue weighted by Gasteiger charge is -2.27. The fourth-order valence-corrected chi connectivity index (χ4v) is 1.74. The fourth-order valence-electron chi connectivity index (χ4n) is 1.74. The second kappa shape index (κ2) is 4.49. The van der Waals surface area contributed by atoms with E-state index in [0.29, 0.717) is 12.6 Å². The summed E-state index contributed by atoms with van der Waals surface area (Å²) >= 11 is 0. The van der Waals surface area contributed by atoms with Gasteiger partial charge < -0.3 is 10.6 Å². The summed E-state index contributed by atoms with van der Waals surface area (Å²) in [6.45, 7) is 5.72. The van der Waals surface area contributed by atoms with Crippen molar-refractivity contribution in [2.75, 3.05) is 18.0 Å². The van der Waals surface area contributed by atoms with Gasteiger partial charge in [0.05, 0.1) is 6.20 Å². The number of nitrogens with two attached hydrogens (primary N) is 1. The highest BCUT2D eigenvalue weighted by Gasteiger charge is 2.11. The van der Waals surface area contributed by atoms with Crippen molar-refractivity contribution >= 4 is 11.5 Å². The third kappa shape index (κ3) is 1.99. The van der Waals surface area contributed by atoms with Gasteiger partial charge in [-0.15, -0.1) is 0 Å². The number of rotatable bonds is 4. The Bertz CT molecular complexity index is 462. The molecular weight excluding hydrogens is 202 g/mol. The Balaban J connectivity index is 2.35. The molecule has 2 aromatic rings. The van der Waals surface area contributed by atoms with Crippen LogP contribution in [0.4, 0.5) is 5.82 Å². The topological polar surface area (TPSA) is 59.5 Å². The number of aromatic nitrogens is 3. The third-order valence-electron chi connectivity index (χ3n) is 2.53. The second-order valence-corrected chi connectivity index (χ2v) is 4.00. The maximum absolute atomic E-state index is 5.61. The van der Waals surface area contributed by atoms with Gasteiger partial charge in [-0.25, -0.2) is 9.50 Å². The maximum atomic E-state index is 5.61. The van der Waals surface area contributed by atoms with Crippen LogP contribution in [0.3, 0.4) is 0 Å². The van der Waals surface area contributed by atoms with Crippen molar-refractivity contribution in [2.24, 2.45) is 5.73 Å². The van der Waals surface area contributed by atoms with E-state index in [4.69, 9.17) is 5.73 Å². The molecule has 16 heavy (non-hydrogen) atoms. The summed E-state index contributed by atoms with van der Waals surface area (Å²) < 4.78 is 1.75. The van der Waals surface area contributed by atoms with Gasteiger partial charge in [0.2, 0.25) is 0 Å². The summed E-state index contributed by atoms with van der Waals surface area (Å²) in [5, 5.41) is 4.12. The molecule has 0 radical (unpaired) electrons. The van der Waals surface area contributed by atoms with E-state index >= 15 is 0 Å². The number of hydrogen-bond acceptors (Lipinski definition) is 4. The summed E-state index contributed by atoms with van der Waals surface area (Å²) in [6, 6.07) is 4.25. The van der Waals surface area contributed by atoms with Gasteiger partial charge in [-0.3, -0.25) is 0 Å². The summed E-state index contributed by atoms with van der Waals surface area (Å²) in [5.41, 5.74) is 6.47. The van der Waals surface area contributed by atoms with Crippen LogP contribution in [0.25, 0.3) is 5.65 Å². The van der Waals surface area contributed by atoms with Crippen LogP contribution in [0.2, 0.25) is 0 Å². The molecule has 5 heteroatoms. The van der Waals surface area contributed by atoms with Gasteiger partial charge in [0.25, 0.3) is 0 Å². The van der Waals surface area contributed by atoms with Crippen molar-refractivity contribution in [1.82, 2.24) is 14.6 Å². The first-order valence-corrected chi connectivity index (χ1v) is 5.49. The fraction of sp³-hybridized carbons (Fsp3) is 0.455. The predicted octanol–water partition coefficient (Wildman–Crippen LogP) is 0.903. The molecule has 2 aromatic heterocycles. The van der Waals surface area contributed by atoms with Crippen LogP contribution in [-0.2, 0) is 0 Å². The minimum atomic E-state index is 0.390. The highest BCUT2D eigenvalue weighted by atomic mass is 15.3. The molecule has 0 atom stereocenters. The Morgan fingerprint density at radius 1 is 1.44 bits per heavy atom. The van der Waals surface area contributed by atoms with Crippen LogP contribution in [0, 0.1) is 0 Å². The maximum Gasteiger partial charge on any atom is 0.157 e. The first kappa shape index (κ1) is 10.9. The third-order valence-corrected chi connectivity index (χ3v) is 2.53. The number of nitrogens with zero attached hydrogens (tertiary/aromatic N) is 4. The molecule has 5 nitrogen and oxygen atoms in total. The largest absolute Gasteiger partial charge is 0.353 e. The number of hydrogen-bond donors (Lipinski definition) is 1. The average molecular weight is 219 g/mol. The Kier molecular flexibility index (Phi) is 3.05. The number of anilines is 1. The molecule has 0 aromatic carbocycles. The van der Waals surface area contributed by atoms with Crippen LogP contribution in [0.5, 0.6) is 0 Å². The second-order valence-electron chi connectivity index (χ2n) is 4.00. The first-order chi connectivity index (χ1) is 7.72. The van der Waals surface area contributed by atoms with Crippen LogP contribution >= 0.6 is 0 Å². The Hall–Kier alpha value is -1.62. The molecule has 0 saturated carbocycles. The van der Waals surface area contributed by atoms with E-state index in [1.54, 1.807) is 10.7 Å². The van der Waals surface area contributed by atoms with Crippen molar-refractivity contribution in [3.8, 4) is 0 Å². The molecule has 2 N–H and O–H groups in total. The highest BCUT2D eigenvalue weighted by Crippen LogP contribution is 2.14. The van der Waals surface area contributed by atoms with E-state index < -0.39 is 0 Å². The van der Waals surface area contributed by atoms with E-state index in [1.807, 2.05) is 18.3 Å². The number of fused-ring (bicyclic) bond motifs is 1. The minimum absolute atomic E-state index is 0.390. The molecule has 86 valence electrons. The molecule has 2 rings (SSSR count). The molecule has 0 amide bonds. The lowest BCUT2D eigenvalue weighted by molar-refractivity contribution is 0.674. The molecule has 0 aliphatic carbocycles. The smallest absolute Gasteiger partial charge is 0.157 e. The SMILES string of the molecule is CC(C)N(CCN)c1ccn2nccc2n1. The quantitative estimate of drug-likeness (QED) is 0.830. The summed E-state index contributed by atoms with van der Waals surface area (Å²) in [7, 11) is 0. The normalized spacial score (nSPS) is 11.2. The molecule has 0 unspecified atom stereocenters. The monoisotopic (exact) mass is 219 g/mol. The molecule has 0 fully saturated rings. The van der Waals surface area contributed by atoms with E-state index in [9.17, 15) is 0 Å². The van der Waals surface area contributed by atoms with Crippen molar-refractivity contribution in [1.29, 1.82) is 0 Å². The van der Waals surface area contributed by atoms with Crippen LogP contribution in [-0.4, -0.2) is 33.7 Å². The summed E-state index contributed by atoms with van der Waals surface area (Å²) in [6.07, 6.45) is 3.67. The van der Waals surface area contributed by atoms with Crippen molar-refractivity contribution in [2.45, 2.75) is 19.9 Å². The minimum Gasteiger partial charge on any atom is -0.353 e. The highest BCUT2D eigenvalue weighted by molar-refractivity contribution is 5.47.